The molecule has 1 aliphatic carbocycles. The third-order valence-corrected chi connectivity index (χ3v) is 6.08. The van der Waals surface area contributed by atoms with E-state index in [1.54, 1.807) is 0 Å². The van der Waals surface area contributed by atoms with E-state index in [-0.39, 0.29) is 17.4 Å². The summed E-state index contributed by atoms with van der Waals surface area (Å²) in [5.41, 5.74) is 9.48. The molecule has 1 aromatic carbocycles. The molecule has 1 spiro atoms. The highest BCUT2D eigenvalue weighted by Gasteiger charge is 2.40. The number of likely N-dealkylation sites (tertiary alicyclic amines) is 1. The normalized spacial score (nSPS) is 27.2. The van der Waals surface area contributed by atoms with Crippen molar-refractivity contribution in [3.05, 3.63) is 41.5 Å². The number of nitrogens with one attached hydrogen (secondary N) is 2. The van der Waals surface area contributed by atoms with Crippen LogP contribution in [0.1, 0.15) is 50.7 Å². The van der Waals surface area contributed by atoms with Gasteiger partial charge in [-0.15, -0.1) is 0 Å². The van der Waals surface area contributed by atoms with Crippen LogP contribution in [0.4, 0.5) is 0 Å². The number of hydrazine groups is 1. The maximum absolute atomic E-state index is 12.9. The van der Waals surface area contributed by atoms with Gasteiger partial charge in [-0.2, -0.15) is 0 Å². The van der Waals surface area contributed by atoms with Crippen LogP contribution in [0.2, 0.25) is 0 Å². The summed E-state index contributed by atoms with van der Waals surface area (Å²) in [6.45, 7) is 6.16. The predicted octanol–water partition coefficient (Wildman–Crippen LogP) is 2.85. The fraction of sp³-hybridized carbons (Fsp3) is 0.571. The maximum Gasteiger partial charge on any atom is 0.241 e. The second kappa shape index (κ2) is 6.58. The molecular formula is C21H29N3O. The number of hydrogen-bond acceptors (Lipinski definition) is 3. The number of fused-ring (bicyclic) bond motifs is 2. The van der Waals surface area contributed by atoms with E-state index in [1.165, 1.54) is 11.1 Å². The average molecular weight is 339 g/mol. The van der Waals surface area contributed by atoms with Gasteiger partial charge in [0.05, 0.1) is 0 Å². The van der Waals surface area contributed by atoms with Crippen LogP contribution in [-0.4, -0.2) is 36.0 Å². The minimum Gasteiger partial charge on any atom is -0.341 e. The van der Waals surface area contributed by atoms with Crippen molar-refractivity contribution in [3.8, 4) is 0 Å². The van der Waals surface area contributed by atoms with Crippen molar-refractivity contribution in [2.24, 2.45) is 5.92 Å². The van der Waals surface area contributed by atoms with E-state index in [0.29, 0.717) is 12.0 Å². The predicted molar refractivity (Wildman–Crippen MR) is 101 cm³/mol. The fourth-order valence-corrected chi connectivity index (χ4v) is 4.72. The first kappa shape index (κ1) is 16.8. The molecule has 4 nitrogen and oxygen atoms in total. The molecule has 134 valence electrons. The number of piperidine rings is 1. The molecule has 2 heterocycles. The zero-order valence-electron chi connectivity index (χ0n) is 15.3. The van der Waals surface area contributed by atoms with Gasteiger partial charge in [-0.25, -0.2) is 5.43 Å². The van der Waals surface area contributed by atoms with Crippen molar-refractivity contribution in [1.29, 1.82) is 0 Å². The van der Waals surface area contributed by atoms with Gasteiger partial charge in [-0.1, -0.05) is 50.3 Å². The van der Waals surface area contributed by atoms with E-state index in [2.05, 4.69) is 66.0 Å². The van der Waals surface area contributed by atoms with Crippen molar-refractivity contribution in [1.82, 2.24) is 15.8 Å². The molecule has 4 heteroatoms. The zero-order chi connectivity index (χ0) is 17.4. The van der Waals surface area contributed by atoms with Crippen molar-refractivity contribution in [2.75, 3.05) is 13.1 Å². The van der Waals surface area contributed by atoms with E-state index >= 15 is 0 Å². The van der Waals surface area contributed by atoms with Crippen molar-refractivity contribution < 1.29 is 4.79 Å². The van der Waals surface area contributed by atoms with E-state index < -0.39 is 0 Å². The van der Waals surface area contributed by atoms with Gasteiger partial charge in [0.2, 0.25) is 5.91 Å². The van der Waals surface area contributed by atoms with Gasteiger partial charge >= 0.3 is 0 Å². The lowest BCUT2D eigenvalue weighted by Gasteiger charge is -2.40. The summed E-state index contributed by atoms with van der Waals surface area (Å²) in [6.07, 6.45) is 8.70. The number of hydrogen-bond donors (Lipinski definition) is 2. The highest BCUT2D eigenvalue weighted by atomic mass is 16.2. The molecule has 2 aliphatic heterocycles. The van der Waals surface area contributed by atoms with Crippen LogP contribution in [0, 0.1) is 5.92 Å². The Hall–Kier alpha value is -1.65. The Balaban J connectivity index is 1.37. The number of carbonyl (C=O) groups excluding carboxylic acids is 1. The lowest BCUT2D eigenvalue weighted by Crippen LogP contribution is -2.50. The molecule has 4 rings (SSSR count). The molecule has 0 radical (unpaired) electrons. The summed E-state index contributed by atoms with van der Waals surface area (Å²) in [4.78, 5) is 15.0. The Morgan fingerprint density at radius 3 is 2.76 bits per heavy atom. The van der Waals surface area contributed by atoms with Gasteiger partial charge in [0.15, 0.2) is 0 Å². The van der Waals surface area contributed by atoms with Crippen LogP contribution >= 0.6 is 0 Å². The van der Waals surface area contributed by atoms with Crippen LogP contribution in [-0.2, 0) is 10.2 Å². The van der Waals surface area contributed by atoms with Crippen LogP contribution in [0.25, 0.3) is 6.08 Å². The van der Waals surface area contributed by atoms with Gasteiger partial charge < -0.3 is 4.90 Å². The first-order chi connectivity index (χ1) is 12.1. The number of amides is 1. The van der Waals surface area contributed by atoms with Gasteiger partial charge in [0.1, 0.15) is 6.04 Å². The summed E-state index contributed by atoms with van der Waals surface area (Å²) in [5.74, 6) is 0.918. The van der Waals surface area contributed by atoms with Gasteiger partial charge in [-0.3, -0.25) is 10.2 Å². The summed E-state index contributed by atoms with van der Waals surface area (Å²) < 4.78 is 0. The largest absolute Gasteiger partial charge is 0.341 e. The lowest BCUT2D eigenvalue weighted by atomic mass is 9.74. The molecule has 3 aliphatic rings. The molecule has 2 fully saturated rings. The molecule has 1 amide bonds. The van der Waals surface area contributed by atoms with Crippen LogP contribution in [0.3, 0.4) is 0 Å². The second-order valence-corrected chi connectivity index (χ2v) is 8.31. The van der Waals surface area contributed by atoms with E-state index in [9.17, 15) is 4.79 Å². The quantitative estimate of drug-likeness (QED) is 0.890. The minimum absolute atomic E-state index is 0.0655. The molecule has 25 heavy (non-hydrogen) atoms. The van der Waals surface area contributed by atoms with E-state index in [1.807, 2.05) is 0 Å². The van der Waals surface area contributed by atoms with Crippen LogP contribution in [0.5, 0.6) is 0 Å². The Bertz CT molecular complexity index is 673. The molecular weight excluding hydrogens is 310 g/mol. The maximum atomic E-state index is 12.9. The zero-order valence-corrected chi connectivity index (χ0v) is 15.3. The second-order valence-electron chi connectivity index (χ2n) is 8.31. The minimum atomic E-state index is -0.0655. The highest BCUT2D eigenvalue weighted by molar-refractivity contribution is 5.82. The Morgan fingerprint density at radius 1 is 1.24 bits per heavy atom. The molecule has 0 aromatic heterocycles. The summed E-state index contributed by atoms with van der Waals surface area (Å²) in [7, 11) is 0. The van der Waals surface area contributed by atoms with Crippen LogP contribution < -0.4 is 10.9 Å². The summed E-state index contributed by atoms with van der Waals surface area (Å²) >= 11 is 0. The number of allylic oxidation sites excluding steroid dienone is 1. The first-order valence-electron chi connectivity index (χ1n) is 9.66. The van der Waals surface area contributed by atoms with Crippen molar-refractivity contribution in [2.45, 2.75) is 57.0 Å². The van der Waals surface area contributed by atoms with Gasteiger partial charge in [0.25, 0.3) is 0 Å². The van der Waals surface area contributed by atoms with Crippen LogP contribution in [0.15, 0.2) is 30.3 Å². The SMILES string of the molecule is CC(C)CC1CC(C(=O)N2CCC3(C=Cc4ccccc43)CC2)NN1. The smallest absolute Gasteiger partial charge is 0.241 e. The molecule has 0 saturated carbocycles. The number of rotatable bonds is 3. The lowest BCUT2D eigenvalue weighted by molar-refractivity contribution is -0.134. The third-order valence-electron chi connectivity index (χ3n) is 6.08. The molecule has 1 aromatic rings. The number of carbonyl (C=O) groups is 1. The van der Waals surface area contributed by atoms with E-state index in [4.69, 9.17) is 0 Å². The standard InChI is InChI=1S/C21H29N3O/c1-15(2)13-17-14-19(23-22-17)20(25)24-11-9-21(10-12-24)8-7-16-5-3-4-6-18(16)21/h3-8,15,17,19,22-23H,9-14H2,1-2H3. The Labute approximate surface area is 150 Å². The summed E-state index contributed by atoms with van der Waals surface area (Å²) in [6, 6.07) is 9.03. The summed E-state index contributed by atoms with van der Waals surface area (Å²) in [5, 5.41) is 0. The van der Waals surface area contributed by atoms with E-state index in [0.717, 1.165) is 38.8 Å². The monoisotopic (exact) mass is 339 g/mol. The number of nitrogens with zero attached hydrogens (tertiary/aromatic N) is 1. The molecule has 2 N–H and O–H groups in total. The van der Waals surface area contributed by atoms with Gasteiger partial charge in [-0.05, 0) is 42.7 Å². The van der Waals surface area contributed by atoms with Crippen molar-refractivity contribution in [3.63, 3.8) is 0 Å². The molecule has 2 saturated heterocycles. The topological polar surface area (TPSA) is 44.4 Å². The molecule has 2 unspecified atom stereocenters. The van der Waals surface area contributed by atoms with Crippen molar-refractivity contribution >= 4 is 12.0 Å². The first-order valence-corrected chi connectivity index (χ1v) is 9.66. The Kier molecular flexibility index (Phi) is 4.42. The highest BCUT2D eigenvalue weighted by Crippen LogP contribution is 2.43. The Morgan fingerprint density at radius 2 is 2.00 bits per heavy atom. The molecule has 0 bridgehead atoms. The fourth-order valence-electron chi connectivity index (χ4n) is 4.72. The molecule has 2 atom stereocenters. The number of benzene rings is 1. The average Bonchev–Trinajstić information content (AvgIpc) is 3.21. The third kappa shape index (κ3) is 3.13. The van der Waals surface area contributed by atoms with Gasteiger partial charge in [0, 0.05) is 24.5 Å².